The molecule has 2 aromatic heterocycles. The molecular formula is C47H31N3. The SMILES string of the molecule is c1ccc(-c2cc(-c3ccccc3)nc(-c3ccc(-c4ccc5cc(-c6ccc(-c7cnc8ccccc8c7)cc6)ccc5c4)cc3)n2)cc1. The number of hydrogen-bond acceptors (Lipinski definition) is 3. The van der Waals surface area contributed by atoms with Gasteiger partial charge in [0.05, 0.1) is 16.9 Å². The topological polar surface area (TPSA) is 38.7 Å². The molecule has 234 valence electrons. The van der Waals surface area contributed by atoms with Gasteiger partial charge < -0.3 is 0 Å². The van der Waals surface area contributed by atoms with Gasteiger partial charge in [-0.3, -0.25) is 4.98 Å². The van der Waals surface area contributed by atoms with E-state index in [0.29, 0.717) is 5.82 Å². The van der Waals surface area contributed by atoms with Gasteiger partial charge in [-0.2, -0.15) is 0 Å². The predicted octanol–water partition coefficient (Wildman–Crippen LogP) is 12.2. The monoisotopic (exact) mass is 637 g/mol. The fourth-order valence-electron chi connectivity index (χ4n) is 6.59. The van der Waals surface area contributed by atoms with Gasteiger partial charge in [0.2, 0.25) is 0 Å². The van der Waals surface area contributed by atoms with Crippen molar-refractivity contribution >= 4 is 21.7 Å². The summed E-state index contributed by atoms with van der Waals surface area (Å²) < 4.78 is 0. The number of nitrogens with zero attached hydrogens (tertiary/aromatic N) is 3. The molecule has 0 saturated carbocycles. The molecule has 0 saturated heterocycles. The quantitative estimate of drug-likeness (QED) is 0.182. The van der Waals surface area contributed by atoms with E-state index >= 15 is 0 Å². The molecule has 0 atom stereocenters. The first-order valence-corrected chi connectivity index (χ1v) is 16.8. The number of pyridine rings is 1. The van der Waals surface area contributed by atoms with Gasteiger partial charge in [0, 0.05) is 33.8 Å². The van der Waals surface area contributed by atoms with Crippen molar-refractivity contribution in [1.29, 1.82) is 0 Å². The minimum atomic E-state index is 0.713. The van der Waals surface area contributed by atoms with Crippen LogP contribution in [0.4, 0.5) is 0 Å². The van der Waals surface area contributed by atoms with Crippen LogP contribution < -0.4 is 0 Å². The first-order chi connectivity index (χ1) is 24.7. The molecule has 50 heavy (non-hydrogen) atoms. The molecule has 0 aliphatic heterocycles. The standard InChI is InChI=1S/C47H31N3/c1-3-9-35(10-4-1)45-30-46(36-11-5-2-6-12-36)50-47(49-45)37-21-19-33(20-22-37)39-24-26-40-27-38(23-25-41(40)28-39)32-15-17-34(18-16-32)43-29-42-13-7-8-14-44(42)48-31-43/h1-31H. The summed E-state index contributed by atoms with van der Waals surface area (Å²) in [5, 5.41) is 3.57. The van der Waals surface area contributed by atoms with E-state index in [2.05, 4.69) is 138 Å². The van der Waals surface area contributed by atoms with Gasteiger partial charge in [0.15, 0.2) is 5.82 Å². The molecule has 0 radical (unpaired) electrons. The summed E-state index contributed by atoms with van der Waals surface area (Å²) in [4.78, 5) is 14.6. The van der Waals surface area contributed by atoms with Gasteiger partial charge in [-0.25, -0.2) is 9.97 Å². The molecule has 2 heterocycles. The number of para-hydroxylation sites is 1. The van der Waals surface area contributed by atoms with Crippen molar-refractivity contribution in [1.82, 2.24) is 15.0 Å². The summed E-state index contributed by atoms with van der Waals surface area (Å²) in [5.74, 6) is 0.713. The Morgan fingerprint density at radius 1 is 0.280 bits per heavy atom. The van der Waals surface area contributed by atoms with E-state index in [1.165, 1.54) is 27.5 Å². The third-order valence-corrected chi connectivity index (χ3v) is 9.32. The highest BCUT2D eigenvalue weighted by Gasteiger charge is 2.11. The van der Waals surface area contributed by atoms with Crippen LogP contribution in [0.25, 0.3) is 89.0 Å². The zero-order valence-corrected chi connectivity index (χ0v) is 27.2. The molecule has 0 fully saturated rings. The van der Waals surface area contributed by atoms with Crippen molar-refractivity contribution in [3.8, 4) is 67.3 Å². The maximum Gasteiger partial charge on any atom is 0.160 e. The largest absolute Gasteiger partial charge is 0.256 e. The highest BCUT2D eigenvalue weighted by atomic mass is 14.9. The second-order valence-corrected chi connectivity index (χ2v) is 12.5. The summed E-state index contributed by atoms with van der Waals surface area (Å²) >= 11 is 0. The molecule has 0 aliphatic rings. The minimum absolute atomic E-state index is 0.713. The Hall–Kier alpha value is -6.71. The fourth-order valence-corrected chi connectivity index (χ4v) is 6.59. The second kappa shape index (κ2) is 12.7. The summed E-state index contributed by atoms with van der Waals surface area (Å²) in [6, 6.07) is 63.8. The molecule has 3 nitrogen and oxygen atoms in total. The third-order valence-electron chi connectivity index (χ3n) is 9.32. The summed E-state index contributed by atoms with van der Waals surface area (Å²) in [5.41, 5.74) is 13.0. The van der Waals surface area contributed by atoms with E-state index < -0.39 is 0 Å². The second-order valence-electron chi connectivity index (χ2n) is 12.5. The van der Waals surface area contributed by atoms with Crippen molar-refractivity contribution < 1.29 is 0 Å². The van der Waals surface area contributed by atoms with E-state index in [-0.39, 0.29) is 0 Å². The third kappa shape index (κ3) is 5.82. The molecule has 0 bridgehead atoms. The van der Waals surface area contributed by atoms with Crippen LogP contribution in [-0.4, -0.2) is 15.0 Å². The lowest BCUT2D eigenvalue weighted by molar-refractivity contribution is 1.18. The lowest BCUT2D eigenvalue weighted by atomic mass is 9.96. The molecule has 9 rings (SSSR count). The molecule has 0 N–H and O–H groups in total. The Morgan fingerprint density at radius 2 is 0.720 bits per heavy atom. The number of fused-ring (bicyclic) bond motifs is 2. The highest BCUT2D eigenvalue weighted by molar-refractivity contribution is 5.91. The van der Waals surface area contributed by atoms with Crippen LogP contribution in [0.3, 0.4) is 0 Å². The molecular weight excluding hydrogens is 607 g/mol. The summed E-state index contributed by atoms with van der Waals surface area (Å²) in [6.45, 7) is 0. The van der Waals surface area contributed by atoms with E-state index in [1.807, 2.05) is 54.7 Å². The maximum atomic E-state index is 4.99. The normalized spacial score (nSPS) is 11.2. The predicted molar refractivity (Wildman–Crippen MR) is 207 cm³/mol. The van der Waals surface area contributed by atoms with Crippen molar-refractivity contribution in [2.24, 2.45) is 0 Å². The van der Waals surface area contributed by atoms with E-state index in [1.54, 1.807) is 0 Å². The molecule has 9 aromatic rings. The Morgan fingerprint density at radius 3 is 1.28 bits per heavy atom. The van der Waals surface area contributed by atoms with Crippen LogP contribution in [-0.2, 0) is 0 Å². The first kappa shape index (κ1) is 29.4. The minimum Gasteiger partial charge on any atom is -0.256 e. The van der Waals surface area contributed by atoms with E-state index in [0.717, 1.165) is 55.7 Å². The lowest BCUT2D eigenvalue weighted by Gasteiger charge is -2.11. The van der Waals surface area contributed by atoms with Crippen LogP contribution >= 0.6 is 0 Å². The van der Waals surface area contributed by atoms with Gasteiger partial charge >= 0.3 is 0 Å². The molecule has 0 aliphatic carbocycles. The average molecular weight is 638 g/mol. The average Bonchev–Trinajstić information content (AvgIpc) is 3.21. The maximum absolute atomic E-state index is 4.99. The van der Waals surface area contributed by atoms with Gasteiger partial charge in [0.1, 0.15) is 0 Å². The van der Waals surface area contributed by atoms with Crippen molar-refractivity contribution in [2.75, 3.05) is 0 Å². The van der Waals surface area contributed by atoms with Crippen molar-refractivity contribution in [3.63, 3.8) is 0 Å². The van der Waals surface area contributed by atoms with E-state index in [9.17, 15) is 0 Å². The van der Waals surface area contributed by atoms with Crippen LogP contribution in [0.2, 0.25) is 0 Å². The lowest BCUT2D eigenvalue weighted by Crippen LogP contribution is -1.95. The van der Waals surface area contributed by atoms with Crippen LogP contribution in [0, 0.1) is 0 Å². The first-order valence-electron chi connectivity index (χ1n) is 16.8. The van der Waals surface area contributed by atoms with Crippen LogP contribution in [0.15, 0.2) is 188 Å². The highest BCUT2D eigenvalue weighted by Crippen LogP contribution is 2.32. The zero-order valence-electron chi connectivity index (χ0n) is 27.2. The van der Waals surface area contributed by atoms with Crippen molar-refractivity contribution in [2.45, 2.75) is 0 Å². The zero-order chi connectivity index (χ0) is 33.3. The number of rotatable bonds is 6. The Bertz CT molecular complexity index is 2550. The molecule has 3 heteroatoms. The molecule has 7 aromatic carbocycles. The number of hydrogen-bond donors (Lipinski definition) is 0. The van der Waals surface area contributed by atoms with Gasteiger partial charge in [-0.15, -0.1) is 0 Å². The molecule has 0 spiro atoms. The smallest absolute Gasteiger partial charge is 0.160 e. The fraction of sp³-hybridized carbons (Fsp3) is 0. The number of benzene rings is 7. The Kier molecular flexibility index (Phi) is 7.49. The Balaban J connectivity index is 0.980. The van der Waals surface area contributed by atoms with Crippen LogP contribution in [0.1, 0.15) is 0 Å². The van der Waals surface area contributed by atoms with Gasteiger partial charge in [-0.1, -0.05) is 152 Å². The summed E-state index contributed by atoms with van der Waals surface area (Å²) in [6.07, 6.45) is 1.96. The van der Waals surface area contributed by atoms with Gasteiger partial charge in [-0.05, 0) is 68.9 Å². The summed E-state index contributed by atoms with van der Waals surface area (Å²) in [7, 11) is 0. The van der Waals surface area contributed by atoms with Gasteiger partial charge in [0.25, 0.3) is 0 Å². The number of aromatic nitrogens is 3. The molecule has 0 unspecified atom stereocenters. The van der Waals surface area contributed by atoms with E-state index in [4.69, 9.17) is 9.97 Å². The van der Waals surface area contributed by atoms with Crippen LogP contribution in [0.5, 0.6) is 0 Å². The molecule has 0 amide bonds. The Labute approximate surface area is 291 Å². The van der Waals surface area contributed by atoms with Crippen molar-refractivity contribution in [3.05, 3.63) is 188 Å².